The van der Waals surface area contributed by atoms with Gasteiger partial charge in [-0.2, -0.15) is 0 Å². The Bertz CT molecular complexity index is 145. The topological polar surface area (TPSA) is 20.2 Å². The third-order valence-electron chi connectivity index (χ3n) is 2.92. The lowest BCUT2D eigenvalue weighted by Gasteiger charge is -2.14. The summed E-state index contributed by atoms with van der Waals surface area (Å²) in [6, 6.07) is 0. The first-order chi connectivity index (χ1) is 7.56. The van der Waals surface area contributed by atoms with E-state index in [1.807, 2.05) is 7.05 Å². The molecule has 0 saturated heterocycles. The van der Waals surface area contributed by atoms with Gasteiger partial charge < -0.3 is 0 Å². The Morgan fingerprint density at radius 3 is 1.56 bits per heavy atom. The maximum absolute atomic E-state index is 9.46. The van der Waals surface area contributed by atoms with E-state index in [-0.39, 0.29) is 2.86 Å². The Kier molecular flexibility index (Phi) is 11.2. The molecule has 1 atom stereocenters. The van der Waals surface area contributed by atoms with Crippen molar-refractivity contribution >= 4 is 22.9 Å². The molecule has 0 amide bonds. The Morgan fingerprint density at radius 2 is 1.19 bits per heavy atom. The average molecular weight is 342 g/mol. The van der Waals surface area contributed by atoms with Gasteiger partial charge in [0.05, 0.1) is 0 Å². The average Bonchev–Trinajstić information content (AvgIpc) is 2.19. The highest BCUT2D eigenvalue weighted by atomic mass is 127. The normalized spacial score (nSPS) is 15.0. The largest absolute Gasteiger partial charge is 0.287 e. The molecule has 0 saturated carbocycles. The number of hydrogen-bond donors (Lipinski definition) is 1. The van der Waals surface area contributed by atoms with Crippen LogP contribution in [-0.2, 0) is 0 Å². The Hall–Kier alpha value is 0.650. The van der Waals surface area contributed by atoms with E-state index in [4.69, 9.17) is 0 Å². The molecule has 0 radical (unpaired) electrons. The maximum atomic E-state index is 9.46. The summed E-state index contributed by atoms with van der Waals surface area (Å²) in [5, 5.41) is 9.46. The first-order valence-electron chi connectivity index (χ1n) is 6.84. The summed E-state index contributed by atoms with van der Waals surface area (Å²) in [5.74, 6) is 0. The quantitative estimate of drug-likeness (QED) is 0.240. The number of halogens is 1. The van der Waals surface area contributed by atoms with Gasteiger partial charge in [0.2, 0.25) is 0 Å². The zero-order valence-corrected chi connectivity index (χ0v) is 13.2. The summed E-state index contributed by atoms with van der Waals surface area (Å²) in [6.45, 7) is 3.14. The fourth-order valence-corrected chi connectivity index (χ4v) is 2.23. The molecule has 1 N–H and O–H groups in total. The molecule has 0 aromatic carbocycles. The third kappa shape index (κ3) is 14.6. The summed E-state index contributed by atoms with van der Waals surface area (Å²) in [7, 11) is 1.83. The van der Waals surface area contributed by atoms with Crippen molar-refractivity contribution in [1.29, 1.82) is 0 Å². The standard InChI is InChI=1S/C13H29INO/c1-3-4-5-6-7-8-9-10-11-12-13-15(2,14)16/h16H,3-13H2,1-2H3/q+1. The zero-order valence-electron chi connectivity index (χ0n) is 11.1. The Morgan fingerprint density at radius 1 is 0.812 bits per heavy atom. The van der Waals surface area contributed by atoms with Crippen LogP contribution in [0.2, 0.25) is 0 Å². The van der Waals surface area contributed by atoms with Crippen LogP contribution in [-0.4, -0.2) is 21.7 Å². The van der Waals surface area contributed by atoms with E-state index >= 15 is 0 Å². The number of rotatable bonds is 11. The van der Waals surface area contributed by atoms with Gasteiger partial charge in [0.15, 0.2) is 0 Å². The zero-order chi connectivity index (χ0) is 12.3. The summed E-state index contributed by atoms with van der Waals surface area (Å²) in [4.78, 5) is 0. The molecule has 0 heterocycles. The van der Waals surface area contributed by atoms with Crippen molar-refractivity contribution in [3.8, 4) is 0 Å². The molecule has 0 rings (SSSR count). The predicted molar refractivity (Wildman–Crippen MR) is 78.7 cm³/mol. The third-order valence-corrected chi connectivity index (χ3v) is 3.40. The lowest BCUT2D eigenvalue weighted by molar-refractivity contribution is -0.940. The van der Waals surface area contributed by atoms with Crippen LogP contribution in [0.3, 0.4) is 0 Å². The molecular weight excluding hydrogens is 313 g/mol. The van der Waals surface area contributed by atoms with E-state index in [0.717, 1.165) is 13.0 Å². The lowest BCUT2D eigenvalue weighted by atomic mass is 10.1. The van der Waals surface area contributed by atoms with Crippen molar-refractivity contribution in [2.75, 3.05) is 13.6 Å². The first kappa shape index (κ1) is 16.6. The molecule has 16 heavy (non-hydrogen) atoms. The second-order valence-electron chi connectivity index (χ2n) is 4.93. The van der Waals surface area contributed by atoms with Gasteiger partial charge in [0, 0.05) is 6.42 Å². The predicted octanol–water partition coefficient (Wildman–Crippen LogP) is 5.09. The number of nitrogens with zero attached hydrogens (tertiary/aromatic N) is 1. The molecule has 0 spiro atoms. The van der Waals surface area contributed by atoms with E-state index in [9.17, 15) is 5.21 Å². The minimum Gasteiger partial charge on any atom is -0.209 e. The van der Waals surface area contributed by atoms with Crippen LogP contribution in [0, 0.1) is 0 Å². The summed E-state index contributed by atoms with van der Waals surface area (Å²) >= 11 is 2.06. The molecule has 0 aromatic rings. The van der Waals surface area contributed by atoms with Gasteiger partial charge in [-0.15, -0.1) is 2.86 Å². The SMILES string of the molecule is CCCCCCCCCCCC[N+](C)(O)I. The second kappa shape index (κ2) is 10.8. The van der Waals surface area contributed by atoms with E-state index < -0.39 is 0 Å². The van der Waals surface area contributed by atoms with Crippen LogP contribution >= 0.6 is 22.9 Å². The smallest absolute Gasteiger partial charge is 0.209 e. The van der Waals surface area contributed by atoms with E-state index in [0.29, 0.717) is 0 Å². The summed E-state index contributed by atoms with van der Waals surface area (Å²) in [6.07, 6.45) is 13.5. The van der Waals surface area contributed by atoms with Gasteiger partial charge in [0.1, 0.15) is 13.6 Å². The molecule has 2 nitrogen and oxygen atoms in total. The molecule has 0 aliphatic heterocycles. The van der Waals surface area contributed by atoms with E-state index in [1.54, 1.807) is 0 Å². The molecular formula is C13H29INO+. The van der Waals surface area contributed by atoms with E-state index in [1.165, 1.54) is 57.8 Å². The summed E-state index contributed by atoms with van der Waals surface area (Å²) in [5.41, 5.74) is 0. The molecule has 0 bridgehead atoms. The van der Waals surface area contributed by atoms with Gasteiger partial charge in [-0.3, -0.25) is 0 Å². The minimum absolute atomic E-state index is 0.0920. The highest BCUT2D eigenvalue weighted by Crippen LogP contribution is 2.13. The van der Waals surface area contributed by atoms with Gasteiger partial charge in [-0.05, 0) is 6.42 Å². The minimum atomic E-state index is 0.0920. The monoisotopic (exact) mass is 342 g/mol. The van der Waals surface area contributed by atoms with Gasteiger partial charge in [0.25, 0.3) is 22.9 Å². The fraction of sp³-hybridized carbons (Fsp3) is 1.00. The van der Waals surface area contributed by atoms with Crippen molar-refractivity contribution in [3.05, 3.63) is 0 Å². The molecule has 0 aliphatic carbocycles. The molecule has 0 fully saturated rings. The second-order valence-corrected chi connectivity index (χ2v) is 7.01. The van der Waals surface area contributed by atoms with E-state index in [2.05, 4.69) is 29.8 Å². The fourth-order valence-electron chi connectivity index (χ4n) is 1.89. The number of hydroxylamine groups is 2. The van der Waals surface area contributed by atoms with Crippen LogP contribution in [0.1, 0.15) is 71.1 Å². The number of unbranched alkanes of at least 4 members (excludes halogenated alkanes) is 9. The molecule has 1 unspecified atom stereocenters. The first-order valence-corrected chi connectivity index (χ1v) is 7.80. The maximum Gasteiger partial charge on any atom is 0.287 e. The highest BCUT2D eigenvalue weighted by Gasteiger charge is 2.12. The van der Waals surface area contributed by atoms with Crippen molar-refractivity contribution < 1.29 is 8.07 Å². The van der Waals surface area contributed by atoms with Crippen molar-refractivity contribution in [2.45, 2.75) is 71.1 Å². The van der Waals surface area contributed by atoms with Crippen LogP contribution in [0.4, 0.5) is 0 Å². The highest BCUT2D eigenvalue weighted by molar-refractivity contribution is 14.1. The van der Waals surface area contributed by atoms with Crippen molar-refractivity contribution in [3.63, 3.8) is 0 Å². The number of quaternary nitrogens is 1. The lowest BCUT2D eigenvalue weighted by Crippen LogP contribution is -2.28. The van der Waals surface area contributed by atoms with Gasteiger partial charge in [-0.25, -0.2) is 5.21 Å². The van der Waals surface area contributed by atoms with Gasteiger partial charge in [-0.1, -0.05) is 58.3 Å². The van der Waals surface area contributed by atoms with Crippen LogP contribution < -0.4 is 0 Å². The van der Waals surface area contributed by atoms with Crippen LogP contribution in [0.5, 0.6) is 0 Å². The van der Waals surface area contributed by atoms with Gasteiger partial charge >= 0.3 is 0 Å². The van der Waals surface area contributed by atoms with Crippen LogP contribution in [0.25, 0.3) is 0 Å². The van der Waals surface area contributed by atoms with Crippen molar-refractivity contribution in [1.82, 2.24) is 0 Å². The Labute approximate surface area is 115 Å². The molecule has 0 aromatic heterocycles. The molecule has 3 heteroatoms. The number of hydrogen-bond acceptors (Lipinski definition) is 1. The molecule has 0 aliphatic rings. The van der Waals surface area contributed by atoms with Crippen molar-refractivity contribution in [2.24, 2.45) is 0 Å². The molecule has 98 valence electrons. The van der Waals surface area contributed by atoms with Crippen LogP contribution in [0.15, 0.2) is 0 Å². The summed E-state index contributed by atoms with van der Waals surface area (Å²) < 4.78 is 0.0920. The Balaban J connectivity index is 2.99.